The van der Waals surface area contributed by atoms with Crippen molar-refractivity contribution in [2.24, 2.45) is 11.7 Å². The molecule has 10 heavy (non-hydrogen) atoms. The molecule has 2 N–H and O–H groups in total. The molecule has 0 aromatic heterocycles. The number of amides is 1. The molecule has 0 aromatic carbocycles. The summed E-state index contributed by atoms with van der Waals surface area (Å²) < 4.78 is 5.45. The Balaban J connectivity index is 2.08. The van der Waals surface area contributed by atoms with Gasteiger partial charge in [0.05, 0.1) is 18.1 Å². The molecule has 2 aliphatic heterocycles. The van der Waals surface area contributed by atoms with Crippen molar-refractivity contribution in [1.82, 2.24) is 0 Å². The van der Waals surface area contributed by atoms with Crippen molar-refractivity contribution in [2.75, 3.05) is 0 Å². The highest BCUT2D eigenvalue weighted by Crippen LogP contribution is 2.38. The fourth-order valence-electron chi connectivity index (χ4n) is 1.94. The van der Waals surface area contributed by atoms with Crippen LogP contribution < -0.4 is 5.73 Å². The minimum atomic E-state index is -0.188. The Hall–Kier alpha value is -0.570. The minimum absolute atomic E-state index is 0.0127. The number of carbonyl (C=O) groups excluding carboxylic acids is 1. The number of hydrogen-bond acceptors (Lipinski definition) is 2. The standard InChI is InChI=1S/C7H11NO2/c8-7(9)5-3-4-1-2-6(5)10-4/h4-6H,1-3H2,(H2,8,9)/t4-,5-,6+/m1/s1. The molecular formula is C7H11NO2. The van der Waals surface area contributed by atoms with Crippen molar-refractivity contribution in [3.05, 3.63) is 0 Å². The molecule has 3 heteroatoms. The highest BCUT2D eigenvalue weighted by molar-refractivity contribution is 5.77. The lowest BCUT2D eigenvalue weighted by Gasteiger charge is -2.13. The Morgan fingerprint density at radius 2 is 2.30 bits per heavy atom. The topological polar surface area (TPSA) is 52.3 Å². The van der Waals surface area contributed by atoms with Crippen LogP contribution in [0.3, 0.4) is 0 Å². The van der Waals surface area contributed by atoms with Gasteiger partial charge in [0.15, 0.2) is 0 Å². The van der Waals surface area contributed by atoms with Gasteiger partial charge in [-0.3, -0.25) is 4.79 Å². The highest BCUT2D eigenvalue weighted by atomic mass is 16.5. The van der Waals surface area contributed by atoms with Gasteiger partial charge in [0.1, 0.15) is 0 Å². The summed E-state index contributed by atoms with van der Waals surface area (Å²) in [6, 6.07) is 0. The molecule has 0 radical (unpaired) electrons. The van der Waals surface area contributed by atoms with E-state index in [9.17, 15) is 4.79 Å². The molecule has 3 nitrogen and oxygen atoms in total. The number of rotatable bonds is 1. The monoisotopic (exact) mass is 141 g/mol. The lowest BCUT2D eigenvalue weighted by molar-refractivity contribution is -0.123. The van der Waals surface area contributed by atoms with Gasteiger partial charge in [-0.25, -0.2) is 0 Å². The molecule has 56 valence electrons. The van der Waals surface area contributed by atoms with Crippen LogP contribution in [0.5, 0.6) is 0 Å². The third kappa shape index (κ3) is 0.736. The fourth-order valence-corrected chi connectivity index (χ4v) is 1.94. The van der Waals surface area contributed by atoms with Crippen LogP contribution in [0.4, 0.5) is 0 Å². The molecule has 0 aromatic rings. The second kappa shape index (κ2) is 1.95. The predicted octanol–water partition coefficient (Wildman–Crippen LogP) is 0.0392. The lowest BCUT2D eigenvalue weighted by Crippen LogP contribution is -2.30. The molecule has 0 unspecified atom stereocenters. The molecule has 0 saturated carbocycles. The van der Waals surface area contributed by atoms with Crippen molar-refractivity contribution in [3.8, 4) is 0 Å². The number of hydrogen-bond donors (Lipinski definition) is 1. The van der Waals surface area contributed by atoms with Crippen molar-refractivity contribution < 1.29 is 9.53 Å². The number of ether oxygens (including phenoxy) is 1. The summed E-state index contributed by atoms with van der Waals surface area (Å²) in [5.74, 6) is -0.175. The molecule has 2 saturated heterocycles. The lowest BCUT2D eigenvalue weighted by atomic mass is 9.89. The number of nitrogens with two attached hydrogens (primary N) is 1. The van der Waals surface area contributed by atoms with Crippen LogP contribution in [0, 0.1) is 5.92 Å². The van der Waals surface area contributed by atoms with Crippen LogP contribution in [-0.2, 0) is 9.53 Å². The van der Waals surface area contributed by atoms with Crippen LogP contribution in [-0.4, -0.2) is 18.1 Å². The van der Waals surface area contributed by atoms with Gasteiger partial charge in [-0.15, -0.1) is 0 Å². The quantitative estimate of drug-likeness (QED) is 0.560. The molecule has 2 rings (SSSR count). The van der Waals surface area contributed by atoms with Gasteiger partial charge >= 0.3 is 0 Å². The third-order valence-corrected chi connectivity index (χ3v) is 2.47. The first-order valence-electron chi connectivity index (χ1n) is 3.72. The Bertz CT molecular complexity index is 169. The van der Waals surface area contributed by atoms with Crippen LogP contribution >= 0.6 is 0 Å². The first-order valence-corrected chi connectivity index (χ1v) is 3.72. The van der Waals surface area contributed by atoms with Gasteiger partial charge in [0, 0.05) is 0 Å². The normalized spacial score (nSPS) is 44.2. The van der Waals surface area contributed by atoms with Gasteiger partial charge in [0.2, 0.25) is 5.91 Å². The summed E-state index contributed by atoms with van der Waals surface area (Å²) in [7, 11) is 0. The van der Waals surface area contributed by atoms with Crippen LogP contribution in [0.15, 0.2) is 0 Å². The molecule has 2 bridgehead atoms. The maximum Gasteiger partial charge on any atom is 0.223 e. The zero-order chi connectivity index (χ0) is 7.14. The Kier molecular flexibility index (Phi) is 1.20. The molecule has 0 aliphatic carbocycles. The summed E-state index contributed by atoms with van der Waals surface area (Å²) in [5.41, 5.74) is 5.17. The Morgan fingerprint density at radius 1 is 1.50 bits per heavy atom. The molecule has 0 spiro atoms. The van der Waals surface area contributed by atoms with Crippen LogP contribution in [0.25, 0.3) is 0 Å². The van der Waals surface area contributed by atoms with Gasteiger partial charge in [-0.2, -0.15) is 0 Å². The molecule has 3 atom stereocenters. The molecular weight excluding hydrogens is 130 g/mol. The predicted molar refractivity (Wildman–Crippen MR) is 35.2 cm³/mol. The second-order valence-electron chi connectivity index (χ2n) is 3.12. The van der Waals surface area contributed by atoms with Gasteiger partial charge in [-0.05, 0) is 19.3 Å². The van der Waals surface area contributed by atoms with E-state index in [1.807, 2.05) is 0 Å². The second-order valence-corrected chi connectivity index (χ2v) is 3.12. The summed E-state index contributed by atoms with van der Waals surface area (Å²) in [4.78, 5) is 10.7. The van der Waals surface area contributed by atoms with E-state index in [-0.39, 0.29) is 17.9 Å². The fraction of sp³-hybridized carbons (Fsp3) is 0.857. The van der Waals surface area contributed by atoms with Crippen molar-refractivity contribution in [2.45, 2.75) is 31.5 Å². The highest BCUT2D eigenvalue weighted by Gasteiger charge is 2.43. The van der Waals surface area contributed by atoms with E-state index in [1.165, 1.54) is 0 Å². The molecule has 2 heterocycles. The summed E-state index contributed by atoms with van der Waals surface area (Å²) >= 11 is 0. The van der Waals surface area contributed by atoms with E-state index in [0.717, 1.165) is 19.3 Å². The summed E-state index contributed by atoms with van der Waals surface area (Å²) in [6.45, 7) is 0. The summed E-state index contributed by atoms with van der Waals surface area (Å²) in [5, 5.41) is 0. The van der Waals surface area contributed by atoms with Crippen molar-refractivity contribution >= 4 is 5.91 Å². The van der Waals surface area contributed by atoms with E-state index in [2.05, 4.69) is 0 Å². The third-order valence-electron chi connectivity index (χ3n) is 2.47. The van der Waals surface area contributed by atoms with E-state index < -0.39 is 0 Å². The van der Waals surface area contributed by atoms with Crippen LogP contribution in [0.2, 0.25) is 0 Å². The van der Waals surface area contributed by atoms with Crippen molar-refractivity contribution in [3.63, 3.8) is 0 Å². The average Bonchev–Trinajstić information content (AvgIpc) is 2.44. The van der Waals surface area contributed by atoms with E-state index in [0.29, 0.717) is 6.10 Å². The van der Waals surface area contributed by atoms with E-state index in [1.54, 1.807) is 0 Å². The summed E-state index contributed by atoms with van der Waals surface area (Å²) in [6.07, 6.45) is 3.50. The maximum atomic E-state index is 10.7. The molecule has 1 amide bonds. The Labute approximate surface area is 59.5 Å². The maximum absolute atomic E-state index is 10.7. The largest absolute Gasteiger partial charge is 0.374 e. The first-order chi connectivity index (χ1) is 4.77. The molecule has 2 fully saturated rings. The number of carbonyl (C=O) groups is 1. The van der Waals surface area contributed by atoms with E-state index in [4.69, 9.17) is 10.5 Å². The zero-order valence-corrected chi connectivity index (χ0v) is 5.75. The average molecular weight is 141 g/mol. The van der Waals surface area contributed by atoms with Gasteiger partial charge < -0.3 is 10.5 Å². The zero-order valence-electron chi connectivity index (χ0n) is 5.75. The van der Waals surface area contributed by atoms with Crippen LogP contribution in [0.1, 0.15) is 19.3 Å². The first kappa shape index (κ1) is 6.16. The van der Waals surface area contributed by atoms with E-state index >= 15 is 0 Å². The number of fused-ring (bicyclic) bond motifs is 2. The molecule has 2 aliphatic rings. The SMILES string of the molecule is NC(=O)[C@@H]1C[C@H]2CC[C@@H]1O2. The Morgan fingerprint density at radius 3 is 2.60 bits per heavy atom. The van der Waals surface area contributed by atoms with Crippen molar-refractivity contribution in [1.29, 1.82) is 0 Å². The number of primary amides is 1. The van der Waals surface area contributed by atoms with Gasteiger partial charge in [0.25, 0.3) is 0 Å². The minimum Gasteiger partial charge on any atom is -0.374 e. The van der Waals surface area contributed by atoms with Gasteiger partial charge in [-0.1, -0.05) is 0 Å². The smallest absolute Gasteiger partial charge is 0.223 e.